The van der Waals surface area contributed by atoms with Gasteiger partial charge in [0.1, 0.15) is 6.61 Å². The molecule has 0 aliphatic rings. The van der Waals surface area contributed by atoms with Crippen LogP contribution in [0.25, 0.3) is 0 Å². The number of rotatable bonds is 4. The number of esters is 1. The molecule has 0 radical (unpaired) electrons. The van der Waals surface area contributed by atoms with Crippen molar-refractivity contribution >= 4 is 5.97 Å². The Balaban J connectivity index is 2.14. The van der Waals surface area contributed by atoms with Gasteiger partial charge in [0.25, 0.3) is 0 Å². The second-order valence-corrected chi connectivity index (χ2v) is 4.21. The van der Waals surface area contributed by atoms with E-state index >= 15 is 0 Å². The summed E-state index contributed by atoms with van der Waals surface area (Å²) in [4.78, 5) is 10.9. The first kappa shape index (κ1) is 12.4. The molecule has 0 aromatic heterocycles. The minimum Gasteiger partial charge on any atom is -0.461 e. The Morgan fingerprint density at radius 1 is 0.944 bits per heavy atom. The number of hydrogen-bond donors (Lipinski definition) is 0. The molecule has 0 N–H and O–H groups in total. The van der Waals surface area contributed by atoms with Crippen molar-refractivity contribution in [3.05, 3.63) is 71.3 Å². The largest absolute Gasteiger partial charge is 0.461 e. The predicted molar refractivity (Wildman–Crippen MR) is 71.2 cm³/mol. The van der Waals surface area contributed by atoms with Crippen LogP contribution >= 0.6 is 0 Å². The van der Waals surface area contributed by atoms with Gasteiger partial charge in [0, 0.05) is 6.92 Å². The topological polar surface area (TPSA) is 26.3 Å². The fourth-order valence-electron chi connectivity index (χ4n) is 1.87. The molecule has 2 heteroatoms. The highest BCUT2D eigenvalue weighted by Crippen LogP contribution is 2.15. The lowest BCUT2D eigenvalue weighted by Crippen LogP contribution is -2.02. The lowest BCUT2D eigenvalue weighted by atomic mass is 10.0. The second-order valence-electron chi connectivity index (χ2n) is 4.21. The van der Waals surface area contributed by atoms with E-state index in [0.29, 0.717) is 6.61 Å². The smallest absolute Gasteiger partial charge is 0.302 e. The van der Waals surface area contributed by atoms with Gasteiger partial charge in [0.05, 0.1) is 0 Å². The van der Waals surface area contributed by atoms with Gasteiger partial charge in [-0.1, -0.05) is 54.6 Å². The number of ether oxygens (including phenoxy) is 1. The minimum absolute atomic E-state index is 0.246. The zero-order valence-electron chi connectivity index (χ0n) is 10.4. The highest BCUT2D eigenvalue weighted by Gasteiger charge is 2.04. The third-order valence-corrected chi connectivity index (χ3v) is 2.79. The molecule has 0 aliphatic heterocycles. The van der Waals surface area contributed by atoms with Crippen LogP contribution in [0.1, 0.15) is 23.6 Å². The van der Waals surface area contributed by atoms with E-state index < -0.39 is 0 Å². The summed E-state index contributed by atoms with van der Waals surface area (Å²) in [6, 6.07) is 18.3. The number of carbonyl (C=O) groups is 1. The lowest BCUT2D eigenvalue weighted by Gasteiger charge is -2.09. The molecule has 2 aromatic carbocycles. The molecular weight excluding hydrogens is 224 g/mol. The van der Waals surface area contributed by atoms with Crippen molar-refractivity contribution in [3.63, 3.8) is 0 Å². The normalized spacial score (nSPS) is 10.1. The molecule has 18 heavy (non-hydrogen) atoms. The zero-order valence-corrected chi connectivity index (χ0v) is 10.4. The van der Waals surface area contributed by atoms with Gasteiger partial charge in [-0.2, -0.15) is 0 Å². The Labute approximate surface area is 107 Å². The zero-order chi connectivity index (χ0) is 12.8. The second kappa shape index (κ2) is 6.01. The van der Waals surface area contributed by atoms with Crippen LogP contribution in [0.3, 0.4) is 0 Å². The Bertz CT molecular complexity index is 518. The van der Waals surface area contributed by atoms with Crippen molar-refractivity contribution in [2.24, 2.45) is 0 Å². The van der Waals surface area contributed by atoms with E-state index in [0.717, 1.165) is 12.0 Å². The first-order valence-corrected chi connectivity index (χ1v) is 6.00. The van der Waals surface area contributed by atoms with Crippen LogP contribution in [-0.2, 0) is 22.6 Å². The van der Waals surface area contributed by atoms with Crippen LogP contribution in [0.4, 0.5) is 0 Å². The molecule has 0 fully saturated rings. The molecular formula is C16H16O2. The minimum atomic E-state index is -0.246. The summed E-state index contributed by atoms with van der Waals surface area (Å²) in [7, 11) is 0. The summed E-state index contributed by atoms with van der Waals surface area (Å²) < 4.78 is 5.07. The molecule has 0 aliphatic carbocycles. The van der Waals surface area contributed by atoms with Crippen molar-refractivity contribution in [3.8, 4) is 0 Å². The molecule has 2 nitrogen and oxygen atoms in total. The fourth-order valence-corrected chi connectivity index (χ4v) is 1.87. The van der Waals surface area contributed by atoms with E-state index in [-0.39, 0.29) is 5.97 Å². The van der Waals surface area contributed by atoms with E-state index in [1.54, 1.807) is 0 Å². The van der Waals surface area contributed by atoms with E-state index in [1.807, 2.05) is 36.4 Å². The van der Waals surface area contributed by atoms with E-state index in [4.69, 9.17) is 4.74 Å². The van der Waals surface area contributed by atoms with Gasteiger partial charge in [-0.25, -0.2) is 0 Å². The summed E-state index contributed by atoms with van der Waals surface area (Å²) >= 11 is 0. The van der Waals surface area contributed by atoms with Crippen molar-refractivity contribution in [2.75, 3.05) is 0 Å². The van der Waals surface area contributed by atoms with Gasteiger partial charge >= 0.3 is 5.97 Å². The van der Waals surface area contributed by atoms with Gasteiger partial charge in [0.15, 0.2) is 0 Å². The highest BCUT2D eigenvalue weighted by molar-refractivity contribution is 5.66. The van der Waals surface area contributed by atoms with Gasteiger partial charge in [-0.3, -0.25) is 4.79 Å². The van der Waals surface area contributed by atoms with Gasteiger partial charge in [-0.05, 0) is 23.1 Å². The summed E-state index contributed by atoms with van der Waals surface area (Å²) in [6.07, 6.45) is 0.859. The van der Waals surface area contributed by atoms with E-state index in [2.05, 4.69) is 18.2 Å². The molecule has 0 saturated heterocycles. The van der Waals surface area contributed by atoms with E-state index in [9.17, 15) is 4.79 Å². The molecule has 0 saturated carbocycles. The Kier molecular flexibility index (Phi) is 4.13. The summed E-state index contributed by atoms with van der Waals surface area (Å²) in [5.74, 6) is -0.246. The number of benzene rings is 2. The lowest BCUT2D eigenvalue weighted by molar-refractivity contribution is -0.142. The van der Waals surface area contributed by atoms with Gasteiger partial charge < -0.3 is 4.74 Å². The molecule has 0 unspecified atom stereocenters. The Morgan fingerprint density at radius 3 is 2.22 bits per heavy atom. The van der Waals surface area contributed by atoms with Crippen LogP contribution in [-0.4, -0.2) is 5.97 Å². The third kappa shape index (κ3) is 3.45. The molecule has 0 atom stereocenters. The molecule has 2 rings (SSSR count). The maximum atomic E-state index is 10.9. The Hall–Kier alpha value is -2.09. The first-order chi connectivity index (χ1) is 8.75. The third-order valence-electron chi connectivity index (χ3n) is 2.79. The standard InChI is InChI=1S/C16H16O2/c1-13(17)18-12-16-10-6-5-9-15(16)11-14-7-3-2-4-8-14/h2-10H,11-12H2,1H3. The molecule has 0 heterocycles. The summed E-state index contributed by atoms with van der Waals surface area (Å²) in [5, 5.41) is 0. The van der Waals surface area contributed by atoms with Crippen molar-refractivity contribution < 1.29 is 9.53 Å². The Morgan fingerprint density at radius 2 is 1.56 bits per heavy atom. The van der Waals surface area contributed by atoms with Crippen molar-refractivity contribution in [2.45, 2.75) is 20.0 Å². The maximum absolute atomic E-state index is 10.9. The fraction of sp³-hybridized carbons (Fsp3) is 0.188. The highest BCUT2D eigenvalue weighted by atomic mass is 16.5. The summed E-state index contributed by atoms with van der Waals surface area (Å²) in [6.45, 7) is 1.78. The summed E-state index contributed by atoms with van der Waals surface area (Å²) in [5.41, 5.74) is 3.52. The van der Waals surface area contributed by atoms with Crippen molar-refractivity contribution in [1.29, 1.82) is 0 Å². The maximum Gasteiger partial charge on any atom is 0.302 e. The van der Waals surface area contributed by atoms with Crippen LogP contribution in [0.2, 0.25) is 0 Å². The van der Waals surface area contributed by atoms with Crippen molar-refractivity contribution in [1.82, 2.24) is 0 Å². The average Bonchev–Trinajstić information content (AvgIpc) is 2.39. The first-order valence-electron chi connectivity index (χ1n) is 6.00. The number of carbonyl (C=O) groups excluding carboxylic acids is 1. The molecule has 2 aromatic rings. The quantitative estimate of drug-likeness (QED) is 0.766. The SMILES string of the molecule is CC(=O)OCc1ccccc1Cc1ccccc1. The van der Waals surface area contributed by atoms with Gasteiger partial charge in [-0.15, -0.1) is 0 Å². The van der Waals surface area contributed by atoms with Crippen LogP contribution in [0.5, 0.6) is 0 Å². The molecule has 0 spiro atoms. The molecule has 92 valence electrons. The van der Waals surface area contributed by atoms with Crippen LogP contribution < -0.4 is 0 Å². The monoisotopic (exact) mass is 240 g/mol. The molecule has 0 bridgehead atoms. The predicted octanol–water partition coefficient (Wildman–Crippen LogP) is 3.34. The van der Waals surface area contributed by atoms with Crippen LogP contribution in [0, 0.1) is 0 Å². The number of hydrogen-bond acceptors (Lipinski definition) is 2. The van der Waals surface area contributed by atoms with Crippen LogP contribution in [0.15, 0.2) is 54.6 Å². The molecule has 0 amide bonds. The average molecular weight is 240 g/mol. The van der Waals surface area contributed by atoms with Gasteiger partial charge in [0.2, 0.25) is 0 Å². The van der Waals surface area contributed by atoms with E-state index in [1.165, 1.54) is 18.1 Å².